The molecule has 0 radical (unpaired) electrons. The van der Waals surface area contributed by atoms with Crippen LogP contribution in [-0.2, 0) is 21.0 Å². The Morgan fingerprint density at radius 2 is 1.61 bits per heavy atom. The molecule has 0 aromatic heterocycles. The quantitative estimate of drug-likeness (QED) is 0.327. The van der Waals surface area contributed by atoms with Crippen LogP contribution in [0.5, 0.6) is 0 Å². The number of ether oxygens (including phenoxy) is 1. The predicted octanol–water partition coefficient (Wildman–Crippen LogP) is 5.42. The molecular formula is C27H31Cl2NO5S. The summed E-state index contributed by atoms with van der Waals surface area (Å²) in [5.74, 6) is -0.489. The maximum absolute atomic E-state index is 13.0. The van der Waals surface area contributed by atoms with Crippen molar-refractivity contribution in [1.29, 1.82) is 0 Å². The molecule has 6 nitrogen and oxygen atoms in total. The molecule has 0 saturated heterocycles. The first-order valence-electron chi connectivity index (χ1n) is 11.3. The Balaban J connectivity index is 0.00000456. The molecule has 0 bridgehead atoms. The van der Waals surface area contributed by atoms with E-state index < -0.39 is 21.9 Å². The Morgan fingerprint density at radius 3 is 2.17 bits per heavy atom. The summed E-state index contributed by atoms with van der Waals surface area (Å²) in [7, 11) is -3.72. The SMILES string of the molecule is CCOC(=O)c1ccc(S(=O)(=O)c2ccc(CC(C)(C)NC[C@@H](O)c3cccc(Cl)c3)cc2)cc1.Cl. The standard InChI is InChI=1S/C27H30ClNO5S.ClH/c1-4-34-26(31)20-10-14-24(15-11-20)35(32,33)23-12-8-19(9-13-23)17-27(2,3)29-18-25(30)21-6-5-7-22(28)16-21;/h5-16,25,29-30H,4,17-18H2,1-3H3;1H/t25-;/m1./s1. The van der Waals surface area contributed by atoms with Gasteiger partial charge in [-0.15, -0.1) is 12.4 Å². The van der Waals surface area contributed by atoms with Crippen LogP contribution >= 0.6 is 24.0 Å². The van der Waals surface area contributed by atoms with E-state index in [0.29, 0.717) is 23.6 Å². The minimum absolute atomic E-state index is 0. The van der Waals surface area contributed by atoms with E-state index >= 15 is 0 Å². The van der Waals surface area contributed by atoms with E-state index in [4.69, 9.17) is 16.3 Å². The highest BCUT2D eigenvalue weighted by Gasteiger charge is 2.22. The maximum atomic E-state index is 13.0. The van der Waals surface area contributed by atoms with Gasteiger partial charge in [0.1, 0.15) is 0 Å². The van der Waals surface area contributed by atoms with Crippen molar-refractivity contribution in [3.8, 4) is 0 Å². The fourth-order valence-corrected chi connectivity index (χ4v) is 5.14. The lowest BCUT2D eigenvalue weighted by molar-refractivity contribution is 0.0526. The van der Waals surface area contributed by atoms with Gasteiger partial charge in [-0.05, 0) is 86.8 Å². The maximum Gasteiger partial charge on any atom is 0.338 e. The van der Waals surface area contributed by atoms with Crippen LogP contribution < -0.4 is 5.32 Å². The number of carbonyl (C=O) groups excluding carboxylic acids is 1. The van der Waals surface area contributed by atoms with E-state index in [1.54, 1.807) is 49.4 Å². The third-order valence-corrected chi connectivity index (χ3v) is 7.58. The van der Waals surface area contributed by atoms with Gasteiger partial charge < -0.3 is 15.2 Å². The molecule has 194 valence electrons. The van der Waals surface area contributed by atoms with Crippen molar-refractivity contribution in [2.24, 2.45) is 0 Å². The lowest BCUT2D eigenvalue weighted by Crippen LogP contribution is -2.43. The molecule has 3 rings (SSSR count). The summed E-state index contributed by atoms with van der Waals surface area (Å²) in [4.78, 5) is 12.1. The van der Waals surface area contributed by atoms with Crippen LogP contribution in [0.15, 0.2) is 82.6 Å². The predicted molar refractivity (Wildman–Crippen MR) is 144 cm³/mol. The number of benzene rings is 3. The van der Waals surface area contributed by atoms with Crippen molar-refractivity contribution in [2.45, 2.75) is 48.6 Å². The summed E-state index contributed by atoms with van der Waals surface area (Å²) < 4.78 is 31.0. The summed E-state index contributed by atoms with van der Waals surface area (Å²) in [5, 5.41) is 14.4. The molecule has 9 heteroatoms. The summed E-state index contributed by atoms with van der Waals surface area (Å²) >= 11 is 6.01. The van der Waals surface area contributed by atoms with E-state index in [1.165, 1.54) is 24.3 Å². The van der Waals surface area contributed by atoms with Crippen molar-refractivity contribution in [3.05, 3.63) is 94.5 Å². The fourth-order valence-electron chi connectivity index (χ4n) is 3.68. The zero-order valence-corrected chi connectivity index (χ0v) is 22.8. The molecule has 0 aliphatic rings. The Labute approximate surface area is 224 Å². The number of carbonyl (C=O) groups is 1. The van der Waals surface area contributed by atoms with Crippen LogP contribution in [0.3, 0.4) is 0 Å². The minimum atomic E-state index is -3.72. The number of rotatable bonds is 10. The number of β-amino-alcohol motifs (C(OH)–C–C–N with tert-alkyl or cyclic N) is 1. The lowest BCUT2D eigenvalue weighted by atomic mass is 9.94. The van der Waals surface area contributed by atoms with Gasteiger partial charge in [-0.1, -0.05) is 35.9 Å². The third-order valence-electron chi connectivity index (χ3n) is 5.56. The molecule has 1 atom stereocenters. The molecule has 3 aromatic carbocycles. The molecular weight excluding hydrogens is 521 g/mol. The van der Waals surface area contributed by atoms with E-state index in [1.807, 2.05) is 19.9 Å². The van der Waals surface area contributed by atoms with Crippen LogP contribution in [0.2, 0.25) is 5.02 Å². The fraction of sp³-hybridized carbons (Fsp3) is 0.296. The summed E-state index contributed by atoms with van der Waals surface area (Å²) in [6.07, 6.45) is -0.0696. The Hall–Kier alpha value is -2.42. The second-order valence-corrected chi connectivity index (χ2v) is 11.3. The van der Waals surface area contributed by atoms with E-state index in [0.717, 1.165) is 11.1 Å². The van der Waals surface area contributed by atoms with Gasteiger partial charge in [0.15, 0.2) is 0 Å². The van der Waals surface area contributed by atoms with Crippen LogP contribution in [0, 0.1) is 0 Å². The molecule has 0 spiro atoms. The average molecular weight is 553 g/mol. The smallest absolute Gasteiger partial charge is 0.338 e. The second kappa shape index (κ2) is 12.7. The van der Waals surface area contributed by atoms with Crippen molar-refractivity contribution >= 4 is 39.8 Å². The molecule has 0 heterocycles. The van der Waals surface area contributed by atoms with Crippen LogP contribution in [-0.4, -0.2) is 38.2 Å². The number of hydrogen-bond donors (Lipinski definition) is 2. The molecule has 0 aliphatic heterocycles. The Bertz CT molecular complexity index is 1260. The van der Waals surface area contributed by atoms with Gasteiger partial charge >= 0.3 is 5.97 Å². The van der Waals surface area contributed by atoms with Crippen molar-refractivity contribution < 1.29 is 23.1 Å². The first-order valence-corrected chi connectivity index (χ1v) is 13.2. The lowest BCUT2D eigenvalue weighted by Gasteiger charge is -2.28. The molecule has 36 heavy (non-hydrogen) atoms. The molecule has 3 aromatic rings. The number of aliphatic hydroxyl groups excluding tert-OH is 1. The Morgan fingerprint density at radius 1 is 1.03 bits per heavy atom. The molecule has 0 aliphatic carbocycles. The van der Waals surface area contributed by atoms with Gasteiger partial charge in [-0.25, -0.2) is 13.2 Å². The van der Waals surface area contributed by atoms with Crippen LogP contribution in [0.4, 0.5) is 0 Å². The topological polar surface area (TPSA) is 92.7 Å². The molecule has 0 fully saturated rings. The largest absolute Gasteiger partial charge is 0.462 e. The van der Waals surface area contributed by atoms with Crippen LogP contribution in [0.25, 0.3) is 0 Å². The average Bonchev–Trinajstić information content (AvgIpc) is 2.83. The van der Waals surface area contributed by atoms with Crippen molar-refractivity contribution in [1.82, 2.24) is 5.32 Å². The third kappa shape index (κ3) is 7.79. The van der Waals surface area contributed by atoms with E-state index in [2.05, 4.69) is 5.32 Å². The highest BCUT2D eigenvalue weighted by molar-refractivity contribution is 7.91. The zero-order chi connectivity index (χ0) is 25.6. The second-order valence-electron chi connectivity index (χ2n) is 8.90. The van der Waals surface area contributed by atoms with E-state index in [-0.39, 0.29) is 34.3 Å². The summed E-state index contributed by atoms with van der Waals surface area (Å²) in [6, 6.07) is 19.6. The van der Waals surface area contributed by atoms with Gasteiger partial charge in [0.25, 0.3) is 0 Å². The minimum Gasteiger partial charge on any atom is -0.462 e. The van der Waals surface area contributed by atoms with Gasteiger partial charge in [0.05, 0.1) is 28.1 Å². The van der Waals surface area contributed by atoms with Gasteiger partial charge in [-0.3, -0.25) is 0 Å². The van der Waals surface area contributed by atoms with Crippen molar-refractivity contribution in [2.75, 3.05) is 13.2 Å². The first kappa shape index (κ1) is 29.8. The monoisotopic (exact) mass is 551 g/mol. The molecule has 2 N–H and O–H groups in total. The first-order chi connectivity index (χ1) is 16.5. The van der Waals surface area contributed by atoms with Crippen LogP contribution in [0.1, 0.15) is 48.4 Å². The molecule has 0 amide bonds. The number of aliphatic hydroxyl groups is 1. The summed E-state index contributed by atoms with van der Waals surface area (Å²) in [5.41, 5.74) is 1.65. The number of nitrogens with one attached hydrogen (secondary N) is 1. The Kier molecular flexibility index (Phi) is 10.5. The zero-order valence-electron chi connectivity index (χ0n) is 20.4. The number of esters is 1. The van der Waals surface area contributed by atoms with Gasteiger partial charge in [0.2, 0.25) is 9.84 Å². The van der Waals surface area contributed by atoms with Gasteiger partial charge in [-0.2, -0.15) is 0 Å². The van der Waals surface area contributed by atoms with Crippen molar-refractivity contribution in [3.63, 3.8) is 0 Å². The molecule has 0 saturated carbocycles. The number of sulfone groups is 1. The highest BCUT2D eigenvalue weighted by atomic mass is 35.5. The normalized spacial score (nSPS) is 12.5. The summed E-state index contributed by atoms with van der Waals surface area (Å²) in [6.45, 7) is 6.35. The van der Waals surface area contributed by atoms with E-state index in [9.17, 15) is 18.3 Å². The van der Waals surface area contributed by atoms with Gasteiger partial charge in [0, 0.05) is 17.1 Å². The number of halogens is 2. The molecule has 0 unspecified atom stereocenters. The highest BCUT2D eigenvalue weighted by Crippen LogP contribution is 2.24. The number of hydrogen-bond acceptors (Lipinski definition) is 6.